The third-order valence-corrected chi connectivity index (χ3v) is 6.29. The maximum absolute atomic E-state index is 13.9. The highest BCUT2D eigenvalue weighted by molar-refractivity contribution is 7.98. The smallest absolute Gasteiger partial charge is 0.126 e. The van der Waals surface area contributed by atoms with Gasteiger partial charge in [-0.05, 0) is 24.5 Å². The Labute approximate surface area is 185 Å². The van der Waals surface area contributed by atoms with Crippen LogP contribution in [0.5, 0.6) is 5.75 Å². The number of thioether (sulfide) groups is 1. The van der Waals surface area contributed by atoms with Crippen LogP contribution in [-0.2, 0) is 20.9 Å². The predicted octanol–water partition coefficient (Wildman–Crippen LogP) is 4.61. The zero-order valence-electron chi connectivity index (χ0n) is 17.6. The summed E-state index contributed by atoms with van der Waals surface area (Å²) in [4.78, 5) is 9.89. The van der Waals surface area contributed by atoms with Crippen molar-refractivity contribution in [2.45, 2.75) is 23.8 Å². The molecule has 1 aliphatic heterocycles. The highest BCUT2D eigenvalue weighted by atomic mass is 32.2. The van der Waals surface area contributed by atoms with E-state index in [1.54, 1.807) is 30.3 Å². The molecule has 0 spiro atoms. The molecule has 0 N–H and O–H groups in total. The van der Waals surface area contributed by atoms with E-state index >= 15 is 0 Å². The Balaban J connectivity index is 1.76. The average molecular weight is 462 g/mol. The Hall–Kier alpha value is -2.23. The summed E-state index contributed by atoms with van der Waals surface area (Å²) in [6.07, 6.45) is 7.86. The molecule has 4 rings (SSSR count). The number of nitrogens with zero attached hydrogens (tertiary/aromatic N) is 3. The molecule has 1 aliphatic rings. The molecule has 1 aromatic heterocycles. The molecule has 31 heavy (non-hydrogen) atoms. The molecule has 0 radical (unpaired) electrons. The number of fused-ring (bicyclic) bond motifs is 1. The van der Waals surface area contributed by atoms with Crippen molar-refractivity contribution in [2.75, 3.05) is 32.0 Å². The van der Waals surface area contributed by atoms with Crippen LogP contribution in [0.2, 0.25) is 0 Å². The van der Waals surface area contributed by atoms with Crippen molar-refractivity contribution in [1.29, 1.82) is 0 Å². The van der Waals surface area contributed by atoms with Crippen molar-refractivity contribution >= 4 is 38.1 Å². The summed E-state index contributed by atoms with van der Waals surface area (Å²) in [6.45, 7) is 1.16. The lowest BCUT2D eigenvalue weighted by Gasteiger charge is -2.16. The van der Waals surface area contributed by atoms with Gasteiger partial charge in [0.05, 0.1) is 30.1 Å². The van der Waals surface area contributed by atoms with Gasteiger partial charge < -0.3 is 9.47 Å². The van der Waals surface area contributed by atoms with E-state index in [-0.39, 0.29) is 11.9 Å². The lowest BCUT2D eigenvalue weighted by molar-refractivity contribution is 0.140. The molecule has 0 amide bonds. The number of hydrogen-bond donors (Lipinski definition) is 0. The Kier molecular flexibility index (Phi) is 6.45. The minimum atomic E-state index is -2.29. The molecule has 1 fully saturated rings. The van der Waals surface area contributed by atoms with Crippen LogP contribution in [-0.4, -0.2) is 52.3 Å². The standard InChI is InChI=1S/C22H24FN3O3S2/c1-30-21-11-16(26-31(2,3)27)10-19-22(21)18(24-13-25-19)8-14-4-5-15(23)9-20(14)29-17-6-7-28-12-17/h4-5,9-11,13,17H,6-8,12H2,1-3H3/t17-/m0/s1. The van der Waals surface area contributed by atoms with E-state index in [0.29, 0.717) is 31.1 Å². The second kappa shape index (κ2) is 9.10. The van der Waals surface area contributed by atoms with Crippen LogP contribution >= 0.6 is 11.8 Å². The van der Waals surface area contributed by atoms with Gasteiger partial charge in [-0.15, -0.1) is 11.8 Å². The van der Waals surface area contributed by atoms with E-state index in [1.807, 2.05) is 18.4 Å². The fraction of sp³-hybridized carbons (Fsp3) is 0.364. The quantitative estimate of drug-likeness (QED) is 0.499. The number of halogens is 1. The van der Waals surface area contributed by atoms with E-state index in [2.05, 4.69) is 14.3 Å². The van der Waals surface area contributed by atoms with Crippen LogP contribution in [0.15, 0.2) is 45.9 Å². The van der Waals surface area contributed by atoms with Crippen molar-refractivity contribution in [3.8, 4) is 5.75 Å². The van der Waals surface area contributed by atoms with Gasteiger partial charge in [-0.2, -0.15) is 4.36 Å². The second-order valence-corrected chi connectivity index (χ2v) is 11.1. The van der Waals surface area contributed by atoms with Gasteiger partial charge in [0, 0.05) is 57.0 Å². The highest BCUT2D eigenvalue weighted by Crippen LogP contribution is 2.34. The summed E-state index contributed by atoms with van der Waals surface area (Å²) in [5.41, 5.74) is 3.02. The molecule has 1 saturated heterocycles. The van der Waals surface area contributed by atoms with Gasteiger partial charge in [0.15, 0.2) is 0 Å². The molecule has 0 bridgehead atoms. The van der Waals surface area contributed by atoms with Crippen LogP contribution in [0, 0.1) is 5.82 Å². The molecule has 0 unspecified atom stereocenters. The number of ether oxygens (including phenoxy) is 2. The summed E-state index contributed by atoms with van der Waals surface area (Å²) in [5, 5.41) is 0.909. The molecule has 0 aliphatic carbocycles. The van der Waals surface area contributed by atoms with E-state index in [1.165, 1.54) is 18.5 Å². The second-order valence-electron chi connectivity index (χ2n) is 7.67. The summed E-state index contributed by atoms with van der Waals surface area (Å²) < 4.78 is 41.8. The van der Waals surface area contributed by atoms with Crippen LogP contribution in [0.3, 0.4) is 0 Å². The topological polar surface area (TPSA) is 73.7 Å². The van der Waals surface area contributed by atoms with Gasteiger partial charge >= 0.3 is 0 Å². The molecular weight excluding hydrogens is 437 g/mol. The van der Waals surface area contributed by atoms with Crippen LogP contribution < -0.4 is 4.74 Å². The molecule has 2 heterocycles. The maximum Gasteiger partial charge on any atom is 0.126 e. The Morgan fingerprint density at radius 2 is 2.13 bits per heavy atom. The molecule has 9 heteroatoms. The molecule has 1 atom stereocenters. The van der Waals surface area contributed by atoms with E-state index in [4.69, 9.17) is 9.47 Å². The van der Waals surface area contributed by atoms with Crippen LogP contribution in [0.4, 0.5) is 10.1 Å². The molecule has 3 aromatic rings. The van der Waals surface area contributed by atoms with Gasteiger partial charge in [-0.25, -0.2) is 18.6 Å². The zero-order chi connectivity index (χ0) is 22.0. The lowest BCUT2D eigenvalue weighted by Crippen LogP contribution is -2.17. The summed E-state index contributed by atoms with van der Waals surface area (Å²) >= 11 is 1.56. The molecular formula is C22H24FN3O3S2. The number of hydrogen-bond acceptors (Lipinski definition) is 7. The molecule has 6 nitrogen and oxygen atoms in total. The van der Waals surface area contributed by atoms with Gasteiger partial charge in [0.2, 0.25) is 0 Å². The summed E-state index contributed by atoms with van der Waals surface area (Å²) in [6, 6.07) is 8.32. The lowest BCUT2D eigenvalue weighted by atomic mass is 10.0. The fourth-order valence-electron chi connectivity index (χ4n) is 3.56. The Morgan fingerprint density at radius 3 is 2.84 bits per heavy atom. The SMILES string of the molecule is CSc1cc(N=S(C)(C)=O)cc2ncnc(Cc3ccc(F)cc3O[C@H]3CCOC3)c12. The van der Waals surface area contributed by atoms with Crippen molar-refractivity contribution in [1.82, 2.24) is 9.97 Å². The van der Waals surface area contributed by atoms with Gasteiger partial charge in [0.25, 0.3) is 0 Å². The van der Waals surface area contributed by atoms with Crippen molar-refractivity contribution in [3.63, 3.8) is 0 Å². The van der Waals surface area contributed by atoms with Gasteiger partial charge in [0.1, 0.15) is 24.0 Å². The van der Waals surface area contributed by atoms with E-state index in [0.717, 1.165) is 33.5 Å². The number of benzene rings is 2. The summed E-state index contributed by atoms with van der Waals surface area (Å²) in [7, 11) is -2.29. The highest BCUT2D eigenvalue weighted by Gasteiger charge is 2.20. The number of rotatable bonds is 6. The normalized spacial score (nSPS) is 16.6. The van der Waals surface area contributed by atoms with Crippen LogP contribution in [0.1, 0.15) is 17.7 Å². The number of aromatic nitrogens is 2. The Bertz CT molecular complexity index is 1230. The monoisotopic (exact) mass is 461 g/mol. The van der Waals surface area contributed by atoms with Crippen molar-refractivity contribution < 1.29 is 18.1 Å². The minimum absolute atomic E-state index is 0.0773. The molecule has 0 saturated carbocycles. The fourth-order valence-corrected chi connectivity index (χ4v) is 4.83. The summed E-state index contributed by atoms with van der Waals surface area (Å²) in [5.74, 6) is 0.167. The average Bonchev–Trinajstić information content (AvgIpc) is 3.21. The van der Waals surface area contributed by atoms with E-state index < -0.39 is 9.73 Å². The first-order valence-corrected chi connectivity index (χ1v) is 13.4. The largest absolute Gasteiger partial charge is 0.488 e. The first-order chi connectivity index (χ1) is 14.8. The third kappa shape index (κ3) is 5.34. The molecule has 2 aromatic carbocycles. The van der Waals surface area contributed by atoms with Gasteiger partial charge in [-0.1, -0.05) is 6.07 Å². The van der Waals surface area contributed by atoms with Gasteiger partial charge in [-0.3, -0.25) is 0 Å². The van der Waals surface area contributed by atoms with Crippen molar-refractivity contribution in [3.05, 3.63) is 53.7 Å². The molecule has 164 valence electrons. The Morgan fingerprint density at radius 1 is 1.29 bits per heavy atom. The maximum atomic E-state index is 13.9. The minimum Gasteiger partial charge on any atom is -0.488 e. The third-order valence-electron chi connectivity index (χ3n) is 4.88. The first kappa shape index (κ1) is 22.0. The van der Waals surface area contributed by atoms with Crippen molar-refractivity contribution in [2.24, 2.45) is 4.36 Å². The predicted molar refractivity (Wildman–Crippen MR) is 122 cm³/mol. The zero-order valence-corrected chi connectivity index (χ0v) is 19.3. The first-order valence-electron chi connectivity index (χ1n) is 9.84. The van der Waals surface area contributed by atoms with E-state index in [9.17, 15) is 8.60 Å². The van der Waals surface area contributed by atoms with Crippen LogP contribution in [0.25, 0.3) is 10.9 Å².